The van der Waals surface area contributed by atoms with Gasteiger partial charge in [0.05, 0.1) is 26.4 Å². The molecule has 0 radical (unpaired) electrons. The van der Waals surface area contributed by atoms with E-state index >= 15 is 0 Å². The van der Waals surface area contributed by atoms with Gasteiger partial charge in [-0.25, -0.2) is 4.79 Å². The highest BCUT2D eigenvalue weighted by molar-refractivity contribution is 5.74. The van der Waals surface area contributed by atoms with E-state index in [1.54, 1.807) is 24.3 Å². The average molecular weight is 490 g/mol. The highest BCUT2D eigenvalue weighted by Crippen LogP contribution is 2.26. The number of carbonyl (C=O) groups is 1. The van der Waals surface area contributed by atoms with E-state index in [1.165, 1.54) is 7.11 Å². The van der Waals surface area contributed by atoms with Crippen molar-refractivity contribution in [2.45, 2.75) is 61.3 Å². The highest BCUT2D eigenvalue weighted by Gasteiger charge is 2.47. The number of aliphatic hydroxyl groups excluding tert-OH is 7. The first-order valence-electron chi connectivity index (χ1n) is 10.5. The number of amides is 2. The summed E-state index contributed by atoms with van der Waals surface area (Å²) in [5, 5.41) is 74.2. The fraction of sp³-hybridized carbons (Fsp3) is 0.650. The van der Waals surface area contributed by atoms with Crippen LogP contribution in [-0.2, 0) is 9.47 Å². The number of benzene rings is 1. The Labute approximate surface area is 194 Å². The topological polar surface area (TPSA) is 220 Å². The Bertz CT molecular complexity index is 794. The second-order valence-corrected chi connectivity index (χ2v) is 7.89. The van der Waals surface area contributed by atoms with Crippen LogP contribution in [0.4, 0.5) is 4.79 Å². The summed E-state index contributed by atoms with van der Waals surface area (Å²) < 4.78 is 21.3. The van der Waals surface area contributed by atoms with Gasteiger partial charge in [-0.2, -0.15) is 0 Å². The lowest BCUT2D eigenvalue weighted by atomic mass is 9.96. The summed E-state index contributed by atoms with van der Waals surface area (Å²) in [6, 6.07) is 4.00. The van der Waals surface area contributed by atoms with Gasteiger partial charge < -0.3 is 65.3 Å². The lowest BCUT2D eigenvalue weighted by Gasteiger charge is -2.43. The minimum absolute atomic E-state index is 0.292. The second-order valence-electron chi connectivity index (χ2n) is 7.89. The van der Waals surface area contributed by atoms with Crippen LogP contribution in [0.5, 0.6) is 11.5 Å². The molecular formula is C20H30N2O12. The zero-order chi connectivity index (χ0) is 25.0. The Hall–Kier alpha value is -2.27. The summed E-state index contributed by atoms with van der Waals surface area (Å²) in [6.45, 7) is -1.34. The largest absolute Gasteiger partial charge is 0.497 e. The first-order chi connectivity index (χ1) is 16.2. The van der Waals surface area contributed by atoms with E-state index in [0.717, 1.165) is 0 Å². The van der Waals surface area contributed by atoms with Gasteiger partial charge in [0.2, 0.25) is 6.29 Å². The summed E-state index contributed by atoms with van der Waals surface area (Å²) in [5.41, 5.74) is 0. The maximum atomic E-state index is 12.5. The van der Waals surface area contributed by atoms with Gasteiger partial charge in [0.25, 0.3) is 0 Å². The smallest absolute Gasteiger partial charge is 0.317 e. The molecule has 2 aliphatic heterocycles. The van der Waals surface area contributed by atoms with Crippen LogP contribution in [0.15, 0.2) is 24.3 Å². The maximum absolute atomic E-state index is 12.5. The molecular weight excluding hydrogens is 460 g/mol. The Kier molecular flexibility index (Phi) is 8.86. The molecule has 9 N–H and O–H groups in total. The monoisotopic (exact) mass is 490 g/mol. The number of nitrogens with one attached hydrogen (secondary N) is 2. The first kappa shape index (κ1) is 26.3. The van der Waals surface area contributed by atoms with Crippen molar-refractivity contribution in [3.05, 3.63) is 24.3 Å². The third-order valence-corrected chi connectivity index (χ3v) is 5.66. The summed E-state index contributed by atoms with van der Waals surface area (Å²) in [6.07, 6.45) is -13.6. The molecule has 2 amide bonds. The number of hydrogen-bond acceptors (Lipinski definition) is 12. The minimum Gasteiger partial charge on any atom is -0.497 e. The number of urea groups is 1. The van der Waals surface area contributed by atoms with Crippen LogP contribution in [-0.4, -0.2) is 123 Å². The van der Waals surface area contributed by atoms with Crippen molar-refractivity contribution in [2.24, 2.45) is 0 Å². The molecule has 0 aliphatic carbocycles. The van der Waals surface area contributed by atoms with E-state index in [9.17, 15) is 40.5 Å². The van der Waals surface area contributed by atoms with E-state index in [-0.39, 0.29) is 0 Å². The van der Waals surface area contributed by atoms with Crippen LogP contribution >= 0.6 is 0 Å². The maximum Gasteiger partial charge on any atom is 0.317 e. The molecule has 192 valence electrons. The van der Waals surface area contributed by atoms with Crippen molar-refractivity contribution >= 4 is 6.03 Å². The number of hydrogen-bond donors (Lipinski definition) is 9. The van der Waals surface area contributed by atoms with Crippen molar-refractivity contribution in [1.29, 1.82) is 0 Å². The van der Waals surface area contributed by atoms with Gasteiger partial charge >= 0.3 is 6.03 Å². The molecule has 2 fully saturated rings. The number of ether oxygens (including phenoxy) is 4. The molecule has 34 heavy (non-hydrogen) atoms. The van der Waals surface area contributed by atoms with Crippen LogP contribution in [0.2, 0.25) is 0 Å². The van der Waals surface area contributed by atoms with E-state index in [1.807, 2.05) is 0 Å². The molecule has 0 spiro atoms. The van der Waals surface area contributed by atoms with Crippen LogP contribution in [0.1, 0.15) is 0 Å². The van der Waals surface area contributed by atoms with Crippen LogP contribution in [0.3, 0.4) is 0 Å². The van der Waals surface area contributed by atoms with Crippen LogP contribution in [0, 0.1) is 0 Å². The number of methoxy groups -OCH3 is 1. The first-order valence-corrected chi connectivity index (χ1v) is 10.5. The Balaban J connectivity index is 1.62. The SMILES string of the molecule is COc1ccc(O[C@H]2O[C@H](CO)[C@@H](NC(=O)N[C@@H]3O[C@H](CO)[C@H](O)[C@H](O)[C@H]3O)[C@H](O)[C@H]2O)cc1. The zero-order valence-electron chi connectivity index (χ0n) is 18.2. The van der Waals surface area contributed by atoms with E-state index in [2.05, 4.69) is 10.6 Å². The number of rotatable bonds is 7. The average Bonchev–Trinajstić information content (AvgIpc) is 2.84. The normalized spacial score (nSPS) is 38.1. The number of aliphatic hydroxyl groups is 7. The van der Waals surface area contributed by atoms with Gasteiger partial charge in [-0.1, -0.05) is 0 Å². The van der Waals surface area contributed by atoms with E-state index in [0.29, 0.717) is 11.5 Å². The molecule has 0 saturated carbocycles. The van der Waals surface area contributed by atoms with Gasteiger partial charge in [-0.3, -0.25) is 0 Å². The fourth-order valence-electron chi connectivity index (χ4n) is 3.69. The van der Waals surface area contributed by atoms with Crippen LogP contribution in [0.25, 0.3) is 0 Å². The summed E-state index contributed by atoms with van der Waals surface area (Å²) in [7, 11) is 1.49. The third kappa shape index (κ3) is 5.68. The molecule has 0 aromatic heterocycles. The lowest BCUT2D eigenvalue weighted by Crippen LogP contribution is -2.68. The van der Waals surface area contributed by atoms with Crippen molar-refractivity contribution in [3.63, 3.8) is 0 Å². The zero-order valence-corrected chi connectivity index (χ0v) is 18.2. The standard InChI is InChI=1S/C20H30N2O12/c1-31-8-2-4-9(5-3-8)32-19-17(29)14(26)12(10(6-23)34-19)21-20(30)22-18-16(28)15(27)13(25)11(7-24)33-18/h2-5,10-19,23-29H,6-7H2,1H3,(H2,21,22,30)/t10-,11-,12-,13+,14+,15+,16-,17-,18-,19+/m1/s1. The summed E-state index contributed by atoms with van der Waals surface area (Å²) in [5.74, 6) is 0.862. The van der Waals surface area contributed by atoms with Gasteiger partial charge in [0.1, 0.15) is 54.2 Å². The van der Waals surface area contributed by atoms with Crippen LogP contribution < -0.4 is 20.1 Å². The Morgan fingerprint density at radius 2 is 1.44 bits per heavy atom. The molecule has 14 nitrogen and oxygen atoms in total. The van der Waals surface area contributed by atoms with Gasteiger partial charge in [0, 0.05) is 0 Å². The second kappa shape index (κ2) is 11.4. The molecule has 3 rings (SSSR count). The highest BCUT2D eigenvalue weighted by atomic mass is 16.7. The minimum atomic E-state index is -1.72. The molecule has 10 atom stereocenters. The van der Waals surface area contributed by atoms with Crippen molar-refractivity contribution in [1.82, 2.24) is 10.6 Å². The molecule has 14 heteroatoms. The Morgan fingerprint density at radius 1 is 0.824 bits per heavy atom. The third-order valence-electron chi connectivity index (χ3n) is 5.66. The van der Waals surface area contributed by atoms with E-state index < -0.39 is 80.5 Å². The van der Waals surface area contributed by atoms with Gasteiger partial charge in [-0.05, 0) is 24.3 Å². The molecule has 1 aromatic carbocycles. The predicted octanol–water partition coefficient (Wildman–Crippen LogP) is -4.02. The molecule has 0 bridgehead atoms. The van der Waals surface area contributed by atoms with Gasteiger partial charge in [0.15, 0.2) is 6.23 Å². The molecule has 2 heterocycles. The molecule has 2 aliphatic rings. The van der Waals surface area contributed by atoms with Crippen molar-refractivity contribution in [3.8, 4) is 11.5 Å². The van der Waals surface area contributed by atoms with Crippen molar-refractivity contribution in [2.75, 3.05) is 20.3 Å². The fourth-order valence-corrected chi connectivity index (χ4v) is 3.69. The summed E-state index contributed by atoms with van der Waals surface area (Å²) >= 11 is 0. The quantitative estimate of drug-likeness (QED) is 0.178. The van der Waals surface area contributed by atoms with Crippen molar-refractivity contribution < 1.29 is 59.5 Å². The predicted molar refractivity (Wildman–Crippen MR) is 111 cm³/mol. The Morgan fingerprint density at radius 3 is 2.03 bits per heavy atom. The summed E-state index contributed by atoms with van der Waals surface area (Å²) in [4.78, 5) is 12.5. The molecule has 2 saturated heterocycles. The van der Waals surface area contributed by atoms with E-state index in [4.69, 9.17) is 18.9 Å². The molecule has 1 aromatic rings. The molecule has 0 unspecified atom stereocenters. The lowest BCUT2D eigenvalue weighted by molar-refractivity contribution is -0.251. The van der Waals surface area contributed by atoms with Gasteiger partial charge in [-0.15, -0.1) is 0 Å². The number of carbonyl (C=O) groups excluding carboxylic acids is 1.